The Balaban J connectivity index is 1.26. The SMILES string of the molecule is COc1ccc(C(=O)N[C@@H]2CO[C@@H]3[C@@H]2OC[C@@H]3n2cc(-c3ccccc3)nn2)cc1. The number of benzene rings is 2. The molecule has 8 nitrogen and oxygen atoms in total. The summed E-state index contributed by atoms with van der Waals surface area (Å²) in [5, 5.41) is 11.6. The van der Waals surface area contributed by atoms with Gasteiger partial charge < -0.3 is 19.5 Å². The molecule has 3 heterocycles. The molecule has 0 aliphatic carbocycles. The van der Waals surface area contributed by atoms with Gasteiger partial charge in [0, 0.05) is 11.1 Å². The Bertz CT molecular complexity index is 1020. The Morgan fingerprint density at radius 3 is 2.60 bits per heavy atom. The minimum Gasteiger partial charge on any atom is -0.497 e. The minimum absolute atomic E-state index is 0.0807. The van der Waals surface area contributed by atoms with E-state index in [-0.39, 0.29) is 30.2 Å². The Morgan fingerprint density at radius 1 is 1.07 bits per heavy atom. The first-order valence-corrected chi connectivity index (χ1v) is 9.88. The van der Waals surface area contributed by atoms with E-state index in [0.717, 1.165) is 11.3 Å². The zero-order chi connectivity index (χ0) is 20.5. The van der Waals surface area contributed by atoms with Gasteiger partial charge in [0.25, 0.3) is 5.91 Å². The predicted octanol–water partition coefficient (Wildman–Crippen LogP) is 2.09. The van der Waals surface area contributed by atoms with E-state index < -0.39 is 0 Å². The number of nitrogens with one attached hydrogen (secondary N) is 1. The lowest BCUT2D eigenvalue weighted by molar-refractivity contribution is 0.0613. The summed E-state index contributed by atoms with van der Waals surface area (Å²) in [4.78, 5) is 12.6. The van der Waals surface area contributed by atoms with Crippen LogP contribution in [0.1, 0.15) is 16.4 Å². The number of fused-ring (bicyclic) bond motifs is 1. The fourth-order valence-corrected chi connectivity index (χ4v) is 4.00. The number of nitrogens with zero attached hydrogens (tertiary/aromatic N) is 3. The summed E-state index contributed by atoms with van der Waals surface area (Å²) in [5.74, 6) is 0.548. The lowest BCUT2D eigenvalue weighted by Crippen LogP contribution is -2.44. The molecular formula is C22H22N4O4. The van der Waals surface area contributed by atoms with Crippen molar-refractivity contribution in [3.63, 3.8) is 0 Å². The van der Waals surface area contributed by atoms with Gasteiger partial charge in [-0.05, 0) is 24.3 Å². The molecule has 0 spiro atoms. The Hall–Kier alpha value is -3.23. The van der Waals surface area contributed by atoms with Gasteiger partial charge in [-0.15, -0.1) is 5.10 Å². The fraction of sp³-hybridized carbons (Fsp3) is 0.318. The highest BCUT2D eigenvalue weighted by atomic mass is 16.6. The molecule has 2 aromatic carbocycles. The van der Waals surface area contributed by atoms with Crippen molar-refractivity contribution in [3.05, 3.63) is 66.4 Å². The number of carbonyl (C=O) groups excluding carboxylic acids is 1. The summed E-state index contributed by atoms with van der Waals surface area (Å²) >= 11 is 0. The molecule has 4 atom stereocenters. The molecule has 1 N–H and O–H groups in total. The molecule has 0 unspecified atom stereocenters. The predicted molar refractivity (Wildman–Crippen MR) is 108 cm³/mol. The fourth-order valence-electron chi connectivity index (χ4n) is 4.00. The monoisotopic (exact) mass is 406 g/mol. The van der Waals surface area contributed by atoms with Crippen LogP contribution in [-0.4, -0.2) is 59.5 Å². The van der Waals surface area contributed by atoms with Gasteiger partial charge in [0.2, 0.25) is 0 Å². The molecule has 0 bridgehead atoms. The molecule has 2 fully saturated rings. The average Bonchev–Trinajstić information content (AvgIpc) is 3.52. The van der Waals surface area contributed by atoms with Crippen molar-refractivity contribution in [1.82, 2.24) is 20.3 Å². The highest BCUT2D eigenvalue weighted by Crippen LogP contribution is 2.34. The normalized spacial score (nSPS) is 25.1. The molecule has 8 heteroatoms. The smallest absolute Gasteiger partial charge is 0.251 e. The van der Waals surface area contributed by atoms with Crippen molar-refractivity contribution in [2.24, 2.45) is 0 Å². The van der Waals surface area contributed by atoms with Crippen LogP contribution in [0.5, 0.6) is 5.75 Å². The molecular weight excluding hydrogens is 384 g/mol. The van der Waals surface area contributed by atoms with Gasteiger partial charge >= 0.3 is 0 Å². The number of amides is 1. The second-order valence-electron chi connectivity index (χ2n) is 7.42. The summed E-state index contributed by atoms with van der Waals surface area (Å²) < 4.78 is 18.9. The number of aromatic nitrogens is 3. The van der Waals surface area contributed by atoms with Crippen molar-refractivity contribution in [1.29, 1.82) is 0 Å². The molecule has 154 valence electrons. The van der Waals surface area contributed by atoms with Crippen LogP contribution in [0.3, 0.4) is 0 Å². The summed E-state index contributed by atoms with van der Waals surface area (Å²) in [7, 11) is 1.59. The van der Waals surface area contributed by atoms with Crippen molar-refractivity contribution in [2.75, 3.05) is 20.3 Å². The standard InChI is InChI=1S/C22H22N4O4/c1-28-16-9-7-15(8-10-16)22(27)23-18-12-29-21-19(13-30-20(18)21)26-11-17(24-25-26)14-5-3-2-4-6-14/h2-11,18-21H,12-13H2,1H3,(H,23,27)/t18-,19+,20-,21+/m1/s1. The van der Waals surface area contributed by atoms with Crippen molar-refractivity contribution in [2.45, 2.75) is 24.3 Å². The van der Waals surface area contributed by atoms with Gasteiger partial charge in [0.15, 0.2) is 0 Å². The first-order valence-electron chi connectivity index (χ1n) is 9.88. The maximum absolute atomic E-state index is 12.6. The van der Waals surface area contributed by atoms with E-state index in [9.17, 15) is 4.79 Å². The Labute approximate surface area is 173 Å². The van der Waals surface area contributed by atoms with E-state index in [4.69, 9.17) is 14.2 Å². The third-order valence-corrected chi connectivity index (χ3v) is 5.62. The molecule has 0 saturated carbocycles. The summed E-state index contributed by atoms with van der Waals surface area (Å²) in [6, 6.07) is 16.6. The van der Waals surface area contributed by atoms with Crippen molar-refractivity contribution < 1.29 is 19.0 Å². The summed E-state index contributed by atoms with van der Waals surface area (Å²) in [6.45, 7) is 0.857. The maximum atomic E-state index is 12.6. The first kappa shape index (κ1) is 18.8. The zero-order valence-corrected chi connectivity index (χ0v) is 16.5. The molecule has 1 aromatic heterocycles. The van der Waals surface area contributed by atoms with E-state index in [1.807, 2.05) is 36.5 Å². The third kappa shape index (κ3) is 3.44. The third-order valence-electron chi connectivity index (χ3n) is 5.62. The number of carbonyl (C=O) groups is 1. The van der Waals surface area contributed by atoms with Gasteiger partial charge in [-0.1, -0.05) is 35.5 Å². The number of methoxy groups -OCH3 is 1. The van der Waals surface area contributed by atoms with E-state index in [1.165, 1.54) is 0 Å². The zero-order valence-electron chi connectivity index (χ0n) is 16.5. The van der Waals surface area contributed by atoms with Crippen LogP contribution in [-0.2, 0) is 9.47 Å². The minimum atomic E-state index is -0.221. The molecule has 5 rings (SSSR count). The topological polar surface area (TPSA) is 87.5 Å². The highest BCUT2D eigenvalue weighted by Gasteiger charge is 2.49. The van der Waals surface area contributed by atoms with E-state index in [1.54, 1.807) is 36.1 Å². The van der Waals surface area contributed by atoms with Crippen molar-refractivity contribution >= 4 is 5.91 Å². The second-order valence-corrected chi connectivity index (χ2v) is 7.42. The molecule has 2 aliphatic heterocycles. The van der Waals surface area contributed by atoms with Gasteiger partial charge in [-0.2, -0.15) is 0 Å². The van der Waals surface area contributed by atoms with Gasteiger partial charge in [0.1, 0.15) is 29.7 Å². The van der Waals surface area contributed by atoms with E-state index in [0.29, 0.717) is 24.5 Å². The van der Waals surface area contributed by atoms with E-state index >= 15 is 0 Å². The van der Waals surface area contributed by atoms with Gasteiger partial charge in [-0.3, -0.25) is 4.79 Å². The van der Waals surface area contributed by atoms with Crippen LogP contribution in [0.25, 0.3) is 11.3 Å². The first-order chi connectivity index (χ1) is 14.7. The van der Waals surface area contributed by atoms with Crippen LogP contribution in [0, 0.1) is 0 Å². The van der Waals surface area contributed by atoms with Crippen molar-refractivity contribution in [3.8, 4) is 17.0 Å². The average molecular weight is 406 g/mol. The van der Waals surface area contributed by atoms with E-state index in [2.05, 4.69) is 15.6 Å². The lowest BCUT2D eigenvalue weighted by atomic mass is 10.1. The van der Waals surface area contributed by atoms with Crippen LogP contribution in [0.2, 0.25) is 0 Å². The molecule has 3 aromatic rings. The summed E-state index contributed by atoms with van der Waals surface area (Å²) in [5.41, 5.74) is 2.38. The highest BCUT2D eigenvalue weighted by molar-refractivity contribution is 5.94. The molecule has 2 saturated heterocycles. The maximum Gasteiger partial charge on any atom is 0.251 e. The van der Waals surface area contributed by atoms with Crippen LogP contribution < -0.4 is 10.1 Å². The second kappa shape index (κ2) is 7.89. The number of hydrogen-bond acceptors (Lipinski definition) is 6. The lowest BCUT2D eigenvalue weighted by Gasteiger charge is -2.18. The largest absolute Gasteiger partial charge is 0.497 e. The molecule has 0 radical (unpaired) electrons. The van der Waals surface area contributed by atoms with Gasteiger partial charge in [0.05, 0.1) is 32.6 Å². The molecule has 2 aliphatic rings. The Morgan fingerprint density at radius 2 is 1.83 bits per heavy atom. The number of hydrogen-bond donors (Lipinski definition) is 1. The van der Waals surface area contributed by atoms with Crippen LogP contribution >= 0.6 is 0 Å². The summed E-state index contributed by atoms with van der Waals surface area (Å²) in [6.07, 6.45) is 1.51. The number of ether oxygens (including phenoxy) is 3. The van der Waals surface area contributed by atoms with Crippen LogP contribution in [0.4, 0.5) is 0 Å². The Kier molecular flexibility index (Phi) is 4.94. The molecule has 1 amide bonds. The van der Waals surface area contributed by atoms with Crippen LogP contribution in [0.15, 0.2) is 60.8 Å². The molecule has 30 heavy (non-hydrogen) atoms. The van der Waals surface area contributed by atoms with Gasteiger partial charge in [-0.25, -0.2) is 4.68 Å². The quantitative estimate of drug-likeness (QED) is 0.698. The number of rotatable bonds is 5.